The van der Waals surface area contributed by atoms with Crippen LogP contribution < -0.4 is 5.32 Å². The van der Waals surface area contributed by atoms with Crippen molar-refractivity contribution in [3.8, 4) is 0 Å². The van der Waals surface area contributed by atoms with Gasteiger partial charge in [-0.05, 0) is 52.5 Å². The first kappa shape index (κ1) is 13.9. The molecule has 1 aromatic rings. The fourth-order valence-electron chi connectivity index (χ4n) is 2.19. The number of likely N-dealkylation sites (N-methyl/N-ethyl adjacent to an activating group) is 1. The summed E-state index contributed by atoms with van der Waals surface area (Å²) < 4.78 is 6.38. The molecule has 1 aliphatic heterocycles. The van der Waals surface area contributed by atoms with Crippen LogP contribution in [0.4, 0.5) is 0 Å². The maximum absolute atomic E-state index is 6.39. The third kappa shape index (κ3) is 3.08. The van der Waals surface area contributed by atoms with Crippen molar-refractivity contribution in [1.82, 2.24) is 5.32 Å². The first-order valence-electron chi connectivity index (χ1n) is 6.22. The third-order valence-electron chi connectivity index (χ3n) is 3.03. The zero-order valence-corrected chi connectivity index (χ0v) is 12.7. The van der Waals surface area contributed by atoms with Gasteiger partial charge in [-0.15, -0.1) is 0 Å². The molecule has 1 N–H and O–H groups in total. The van der Waals surface area contributed by atoms with Crippen molar-refractivity contribution in [2.45, 2.75) is 25.8 Å². The Kier molecular flexibility index (Phi) is 5.10. The van der Waals surface area contributed by atoms with E-state index in [1.165, 1.54) is 5.57 Å². The zero-order chi connectivity index (χ0) is 13.0. The van der Waals surface area contributed by atoms with E-state index in [9.17, 15) is 0 Å². The average molecular weight is 331 g/mol. The zero-order valence-electron chi connectivity index (χ0n) is 10.4. The smallest absolute Gasteiger partial charge is 0.0876 e. The molecule has 1 heterocycles. The predicted octanol–water partition coefficient (Wildman–Crippen LogP) is 4.45. The number of benzene rings is 1. The molecule has 0 aliphatic carbocycles. The largest absolute Gasteiger partial charge is 0.501 e. The van der Waals surface area contributed by atoms with E-state index in [1.54, 1.807) is 0 Å². The molecule has 4 heteroatoms. The lowest BCUT2D eigenvalue weighted by Gasteiger charge is -2.25. The van der Waals surface area contributed by atoms with Crippen LogP contribution in [0.1, 0.15) is 31.4 Å². The van der Waals surface area contributed by atoms with Gasteiger partial charge in [-0.1, -0.05) is 30.7 Å². The molecule has 1 aromatic carbocycles. The molecule has 0 spiro atoms. The van der Waals surface area contributed by atoms with Gasteiger partial charge in [-0.3, -0.25) is 0 Å². The minimum Gasteiger partial charge on any atom is -0.501 e. The maximum atomic E-state index is 6.39. The summed E-state index contributed by atoms with van der Waals surface area (Å²) in [4.78, 5) is 0. The number of hydrogen-bond acceptors (Lipinski definition) is 2. The summed E-state index contributed by atoms with van der Waals surface area (Å²) in [5.74, 6) is 0. The minimum atomic E-state index is 0.139. The lowest BCUT2D eigenvalue weighted by atomic mass is 9.95. The van der Waals surface area contributed by atoms with E-state index >= 15 is 0 Å². The van der Waals surface area contributed by atoms with Crippen LogP contribution >= 0.6 is 27.5 Å². The molecule has 0 bridgehead atoms. The van der Waals surface area contributed by atoms with Crippen LogP contribution in [0, 0.1) is 0 Å². The van der Waals surface area contributed by atoms with Crippen LogP contribution in [0.25, 0.3) is 0 Å². The van der Waals surface area contributed by atoms with E-state index in [4.69, 9.17) is 16.3 Å². The molecule has 0 saturated heterocycles. The normalized spacial score (nSPS) is 16.9. The van der Waals surface area contributed by atoms with Gasteiger partial charge in [-0.2, -0.15) is 0 Å². The molecule has 2 nitrogen and oxygen atoms in total. The monoisotopic (exact) mass is 329 g/mol. The number of halogens is 2. The molecule has 18 heavy (non-hydrogen) atoms. The van der Waals surface area contributed by atoms with Crippen LogP contribution in [0.5, 0.6) is 0 Å². The van der Waals surface area contributed by atoms with Gasteiger partial charge in [0.15, 0.2) is 0 Å². The van der Waals surface area contributed by atoms with Crippen molar-refractivity contribution in [3.05, 3.63) is 45.1 Å². The summed E-state index contributed by atoms with van der Waals surface area (Å²) in [5, 5.41) is 4.26. The Bertz CT molecular complexity index is 447. The van der Waals surface area contributed by atoms with Crippen LogP contribution in [0.2, 0.25) is 5.02 Å². The molecule has 0 radical (unpaired) electrons. The van der Waals surface area contributed by atoms with E-state index < -0.39 is 0 Å². The van der Waals surface area contributed by atoms with Crippen molar-refractivity contribution in [2.24, 2.45) is 0 Å². The van der Waals surface area contributed by atoms with Crippen molar-refractivity contribution in [1.29, 1.82) is 0 Å². The van der Waals surface area contributed by atoms with E-state index in [0.717, 1.165) is 41.1 Å². The van der Waals surface area contributed by atoms with Gasteiger partial charge < -0.3 is 10.1 Å². The van der Waals surface area contributed by atoms with E-state index in [-0.39, 0.29) is 6.04 Å². The fraction of sp³-hybridized carbons (Fsp3) is 0.429. The summed E-state index contributed by atoms with van der Waals surface area (Å²) in [6, 6.07) is 6.18. The molecular weight excluding hydrogens is 314 g/mol. The molecule has 2 rings (SSSR count). The van der Waals surface area contributed by atoms with E-state index in [2.05, 4.69) is 34.2 Å². The van der Waals surface area contributed by atoms with Crippen molar-refractivity contribution in [2.75, 3.05) is 13.2 Å². The average Bonchev–Trinajstić information content (AvgIpc) is 2.41. The molecule has 0 aromatic heterocycles. The van der Waals surface area contributed by atoms with Gasteiger partial charge in [0.2, 0.25) is 0 Å². The van der Waals surface area contributed by atoms with E-state index in [0.29, 0.717) is 0 Å². The number of ether oxygens (including phenoxy) is 1. The number of hydrogen-bond donors (Lipinski definition) is 1. The van der Waals surface area contributed by atoms with Gasteiger partial charge in [0.05, 0.1) is 23.9 Å². The maximum Gasteiger partial charge on any atom is 0.0876 e. The van der Waals surface area contributed by atoms with Crippen LogP contribution in [-0.4, -0.2) is 13.2 Å². The minimum absolute atomic E-state index is 0.139. The van der Waals surface area contributed by atoms with Gasteiger partial charge >= 0.3 is 0 Å². The Morgan fingerprint density at radius 1 is 1.50 bits per heavy atom. The summed E-state index contributed by atoms with van der Waals surface area (Å²) in [5.41, 5.74) is 2.37. The molecule has 0 fully saturated rings. The molecule has 1 atom stereocenters. The standard InChI is InChI=1S/C14H17BrClNO/c1-2-17-14(10-5-4-8-18-9-10)11-6-3-7-12(15)13(11)16/h3,6-7,9,14,17H,2,4-5,8H2,1H3. The summed E-state index contributed by atoms with van der Waals surface area (Å²) in [6.07, 6.45) is 4.01. The highest BCUT2D eigenvalue weighted by Gasteiger charge is 2.21. The summed E-state index contributed by atoms with van der Waals surface area (Å²) in [6.45, 7) is 3.81. The Morgan fingerprint density at radius 3 is 3.00 bits per heavy atom. The topological polar surface area (TPSA) is 21.3 Å². The Balaban J connectivity index is 2.34. The Morgan fingerprint density at radius 2 is 2.33 bits per heavy atom. The second-order valence-electron chi connectivity index (χ2n) is 4.30. The highest BCUT2D eigenvalue weighted by atomic mass is 79.9. The predicted molar refractivity (Wildman–Crippen MR) is 78.8 cm³/mol. The van der Waals surface area contributed by atoms with Crippen molar-refractivity contribution < 1.29 is 4.74 Å². The van der Waals surface area contributed by atoms with Gasteiger partial charge in [-0.25, -0.2) is 0 Å². The highest BCUT2D eigenvalue weighted by molar-refractivity contribution is 9.10. The van der Waals surface area contributed by atoms with Crippen LogP contribution in [-0.2, 0) is 4.74 Å². The van der Waals surface area contributed by atoms with E-state index in [1.807, 2.05) is 18.4 Å². The van der Waals surface area contributed by atoms with Crippen LogP contribution in [0.3, 0.4) is 0 Å². The molecule has 0 saturated carbocycles. The molecule has 1 aliphatic rings. The third-order valence-corrected chi connectivity index (χ3v) is 4.34. The highest BCUT2D eigenvalue weighted by Crippen LogP contribution is 2.35. The lowest BCUT2D eigenvalue weighted by Crippen LogP contribution is -2.24. The molecule has 0 amide bonds. The SMILES string of the molecule is CCNC(C1=COCCC1)c1cccc(Br)c1Cl. The fourth-order valence-corrected chi connectivity index (χ4v) is 2.80. The summed E-state index contributed by atoms with van der Waals surface area (Å²) >= 11 is 9.87. The molecule has 1 unspecified atom stereocenters. The number of rotatable bonds is 4. The first-order chi connectivity index (χ1) is 8.74. The molecular formula is C14H17BrClNO. The van der Waals surface area contributed by atoms with Gasteiger partial charge in [0.25, 0.3) is 0 Å². The van der Waals surface area contributed by atoms with Gasteiger partial charge in [0.1, 0.15) is 0 Å². The van der Waals surface area contributed by atoms with Crippen LogP contribution in [0.15, 0.2) is 34.5 Å². The molecule has 98 valence electrons. The lowest BCUT2D eigenvalue weighted by molar-refractivity contribution is 0.219. The second kappa shape index (κ2) is 6.60. The first-order valence-corrected chi connectivity index (χ1v) is 7.39. The quantitative estimate of drug-likeness (QED) is 0.881. The van der Waals surface area contributed by atoms with Gasteiger partial charge in [0, 0.05) is 4.47 Å². The van der Waals surface area contributed by atoms with Crippen molar-refractivity contribution in [3.63, 3.8) is 0 Å². The second-order valence-corrected chi connectivity index (χ2v) is 5.53. The Labute approximate surface area is 121 Å². The Hall–Kier alpha value is -0.510. The summed E-state index contributed by atoms with van der Waals surface area (Å²) in [7, 11) is 0. The van der Waals surface area contributed by atoms with Crippen molar-refractivity contribution >= 4 is 27.5 Å². The number of nitrogens with one attached hydrogen (secondary N) is 1.